The molecule has 1 aromatic heterocycles. The number of amides is 1. The van der Waals surface area contributed by atoms with Gasteiger partial charge < -0.3 is 10.2 Å². The Bertz CT molecular complexity index is 455. The Morgan fingerprint density at radius 1 is 1.41 bits per heavy atom. The zero-order valence-electron chi connectivity index (χ0n) is 13.8. The van der Waals surface area contributed by atoms with Crippen LogP contribution in [0, 0.1) is 11.8 Å². The molecule has 0 unspecified atom stereocenters. The predicted octanol–water partition coefficient (Wildman–Crippen LogP) is 1.82. The molecule has 7 heteroatoms. The minimum atomic E-state index is 0. The second-order valence-electron chi connectivity index (χ2n) is 6.34. The van der Waals surface area contributed by atoms with Crippen LogP contribution >= 0.6 is 12.4 Å². The topological polar surface area (TPSA) is 63.1 Å². The molecule has 0 radical (unpaired) electrons. The summed E-state index contributed by atoms with van der Waals surface area (Å²) >= 11 is 0. The highest BCUT2D eigenvalue weighted by atomic mass is 35.5. The molecule has 1 aliphatic rings. The number of hydrogen-bond acceptors (Lipinski definition) is 4. The predicted molar refractivity (Wildman–Crippen MR) is 89.3 cm³/mol. The number of carbonyl (C=O) groups excluding carboxylic acids is 1. The molecule has 22 heavy (non-hydrogen) atoms. The van der Waals surface area contributed by atoms with Crippen molar-refractivity contribution in [2.45, 2.75) is 39.7 Å². The zero-order valence-corrected chi connectivity index (χ0v) is 14.6. The number of nitrogens with one attached hydrogen (secondary N) is 1. The Morgan fingerprint density at radius 2 is 2.09 bits per heavy atom. The maximum Gasteiger partial charge on any atom is 0.276 e. The third kappa shape index (κ3) is 5.25. The summed E-state index contributed by atoms with van der Waals surface area (Å²) in [6.45, 7) is 7.86. The molecule has 126 valence electrons. The fourth-order valence-electron chi connectivity index (χ4n) is 2.69. The van der Waals surface area contributed by atoms with Crippen LogP contribution in [-0.4, -0.2) is 52.5 Å². The quantitative estimate of drug-likeness (QED) is 0.864. The van der Waals surface area contributed by atoms with Crippen LogP contribution in [0.25, 0.3) is 0 Å². The molecular weight excluding hydrogens is 302 g/mol. The van der Waals surface area contributed by atoms with Crippen LogP contribution < -0.4 is 5.32 Å². The molecule has 1 amide bonds. The summed E-state index contributed by atoms with van der Waals surface area (Å²) in [5.74, 6) is 1.33. The van der Waals surface area contributed by atoms with E-state index in [1.165, 1.54) is 0 Å². The highest BCUT2D eigenvalue weighted by Gasteiger charge is 2.24. The van der Waals surface area contributed by atoms with Crippen molar-refractivity contribution < 1.29 is 4.79 Å². The molecule has 2 heterocycles. The second kappa shape index (κ2) is 9.10. The van der Waals surface area contributed by atoms with Crippen LogP contribution in [0.4, 0.5) is 0 Å². The van der Waals surface area contributed by atoms with Crippen molar-refractivity contribution in [2.24, 2.45) is 11.8 Å². The Balaban J connectivity index is 0.00000242. The van der Waals surface area contributed by atoms with Crippen LogP contribution in [-0.2, 0) is 6.54 Å². The molecule has 1 fully saturated rings. The van der Waals surface area contributed by atoms with Crippen molar-refractivity contribution in [3.63, 3.8) is 0 Å². The van der Waals surface area contributed by atoms with Crippen LogP contribution in [0.1, 0.15) is 43.6 Å². The summed E-state index contributed by atoms with van der Waals surface area (Å²) in [5.41, 5.74) is 0.478. The first-order valence-corrected chi connectivity index (χ1v) is 7.94. The molecule has 1 saturated heterocycles. The maximum absolute atomic E-state index is 12.4. The van der Waals surface area contributed by atoms with E-state index in [2.05, 4.69) is 29.5 Å². The number of nitrogens with zero attached hydrogens (tertiary/aromatic N) is 4. The van der Waals surface area contributed by atoms with E-state index >= 15 is 0 Å². The molecule has 0 saturated carbocycles. The number of aromatic nitrogens is 3. The van der Waals surface area contributed by atoms with E-state index < -0.39 is 0 Å². The SMILES string of the molecule is CNCC1CCN(C(=O)c2cn(CCC(C)C)nn2)CC1.Cl. The van der Waals surface area contributed by atoms with Gasteiger partial charge in [-0.25, -0.2) is 0 Å². The smallest absolute Gasteiger partial charge is 0.276 e. The van der Waals surface area contributed by atoms with E-state index in [4.69, 9.17) is 0 Å². The summed E-state index contributed by atoms with van der Waals surface area (Å²) in [5, 5.41) is 11.3. The molecule has 0 aliphatic carbocycles. The van der Waals surface area contributed by atoms with Crippen LogP contribution in [0.15, 0.2) is 6.20 Å². The lowest BCUT2D eigenvalue weighted by Crippen LogP contribution is -2.40. The Labute approximate surface area is 139 Å². The number of hydrogen-bond donors (Lipinski definition) is 1. The van der Waals surface area contributed by atoms with Gasteiger partial charge in [-0.05, 0) is 44.7 Å². The number of piperidine rings is 1. The fourth-order valence-corrected chi connectivity index (χ4v) is 2.69. The Hall–Kier alpha value is -1.14. The molecule has 1 aliphatic heterocycles. The van der Waals surface area contributed by atoms with Gasteiger partial charge in [0.1, 0.15) is 0 Å². The standard InChI is InChI=1S/C15H27N5O.ClH/c1-12(2)4-9-20-11-14(17-18-20)15(21)19-7-5-13(6-8-19)10-16-3;/h11-13,16H,4-10H2,1-3H3;1H. The number of halogens is 1. The lowest BCUT2D eigenvalue weighted by molar-refractivity contribution is 0.0685. The first-order chi connectivity index (χ1) is 10.1. The van der Waals surface area contributed by atoms with E-state index in [1.807, 2.05) is 11.9 Å². The Morgan fingerprint density at radius 3 is 2.68 bits per heavy atom. The lowest BCUT2D eigenvalue weighted by Gasteiger charge is -2.31. The minimum Gasteiger partial charge on any atom is -0.337 e. The van der Waals surface area contributed by atoms with Gasteiger partial charge in [-0.1, -0.05) is 19.1 Å². The number of aryl methyl sites for hydroxylation is 1. The molecule has 1 aromatic rings. The van der Waals surface area contributed by atoms with E-state index in [0.717, 1.165) is 45.4 Å². The highest BCUT2D eigenvalue weighted by molar-refractivity contribution is 5.91. The third-order valence-corrected chi connectivity index (χ3v) is 4.09. The van der Waals surface area contributed by atoms with Gasteiger partial charge >= 0.3 is 0 Å². The fraction of sp³-hybridized carbons (Fsp3) is 0.800. The molecule has 2 rings (SSSR count). The monoisotopic (exact) mass is 329 g/mol. The molecular formula is C15H28ClN5O. The molecule has 0 atom stereocenters. The van der Waals surface area contributed by atoms with Gasteiger partial charge in [0.2, 0.25) is 0 Å². The Kier molecular flexibility index (Phi) is 7.82. The van der Waals surface area contributed by atoms with Crippen molar-refractivity contribution in [3.8, 4) is 0 Å². The molecule has 6 nitrogen and oxygen atoms in total. The van der Waals surface area contributed by atoms with Gasteiger partial charge in [-0.15, -0.1) is 17.5 Å². The van der Waals surface area contributed by atoms with Gasteiger partial charge in [-0.3, -0.25) is 9.48 Å². The first-order valence-electron chi connectivity index (χ1n) is 7.94. The number of rotatable bonds is 6. The average molecular weight is 330 g/mol. The van der Waals surface area contributed by atoms with Gasteiger partial charge in [0.15, 0.2) is 5.69 Å². The lowest BCUT2D eigenvalue weighted by atomic mass is 9.97. The summed E-state index contributed by atoms with van der Waals surface area (Å²) < 4.78 is 1.78. The maximum atomic E-state index is 12.4. The normalized spacial score (nSPS) is 15.9. The van der Waals surface area contributed by atoms with Crippen molar-refractivity contribution in [1.29, 1.82) is 0 Å². The molecule has 0 spiro atoms. The van der Waals surface area contributed by atoms with E-state index in [-0.39, 0.29) is 18.3 Å². The number of likely N-dealkylation sites (tertiary alicyclic amines) is 1. The van der Waals surface area contributed by atoms with Gasteiger partial charge in [0, 0.05) is 19.6 Å². The van der Waals surface area contributed by atoms with Crippen LogP contribution in [0.5, 0.6) is 0 Å². The van der Waals surface area contributed by atoms with Crippen molar-refractivity contribution in [1.82, 2.24) is 25.2 Å². The van der Waals surface area contributed by atoms with Crippen molar-refractivity contribution in [3.05, 3.63) is 11.9 Å². The largest absolute Gasteiger partial charge is 0.337 e. The molecule has 0 aromatic carbocycles. The van der Waals surface area contributed by atoms with Crippen LogP contribution in [0.2, 0.25) is 0 Å². The molecule has 1 N–H and O–H groups in total. The molecule has 0 bridgehead atoms. The van der Waals surface area contributed by atoms with Crippen molar-refractivity contribution >= 4 is 18.3 Å². The third-order valence-electron chi connectivity index (χ3n) is 4.09. The van der Waals surface area contributed by atoms with E-state index in [0.29, 0.717) is 17.5 Å². The first kappa shape index (κ1) is 18.9. The van der Waals surface area contributed by atoms with Gasteiger partial charge in [0.25, 0.3) is 5.91 Å². The number of carbonyl (C=O) groups is 1. The highest BCUT2D eigenvalue weighted by Crippen LogP contribution is 2.17. The zero-order chi connectivity index (χ0) is 15.2. The van der Waals surface area contributed by atoms with Crippen molar-refractivity contribution in [2.75, 3.05) is 26.7 Å². The summed E-state index contributed by atoms with van der Waals surface area (Å²) in [7, 11) is 1.98. The summed E-state index contributed by atoms with van der Waals surface area (Å²) in [6, 6.07) is 0. The van der Waals surface area contributed by atoms with Gasteiger partial charge in [0.05, 0.1) is 6.20 Å². The minimum absolute atomic E-state index is 0. The van der Waals surface area contributed by atoms with E-state index in [1.54, 1.807) is 10.9 Å². The summed E-state index contributed by atoms with van der Waals surface area (Å²) in [4.78, 5) is 14.3. The summed E-state index contributed by atoms with van der Waals surface area (Å²) in [6.07, 6.45) is 4.96. The second-order valence-corrected chi connectivity index (χ2v) is 6.34. The van der Waals surface area contributed by atoms with Crippen LogP contribution in [0.3, 0.4) is 0 Å². The average Bonchev–Trinajstić information content (AvgIpc) is 2.94. The van der Waals surface area contributed by atoms with E-state index in [9.17, 15) is 4.79 Å². The van der Waals surface area contributed by atoms with Gasteiger partial charge in [-0.2, -0.15) is 0 Å².